The van der Waals surface area contributed by atoms with Crippen LogP contribution in [-0.2, 0) is 10.0 Å². The third kappa shape index (κ3) is 4.55. The van der Waals surface area contributed by atoms with E-state index in [1.165, 1.54) is 12.5 Å². The summed E-state index contributed by atoms with van der Waals surface area (Å²) >= 11 is 0. The lowest BCUT2D eigenvalue weighted by molar-refractivity contribution is 0.0478. The summed E-state index contributed by atoms with van der Waals surface area (Å²) in [5.74, 6) is -0.0108. The van der Waals surface area contributed by atoms with Gasteiger partial charge in [0.25, 0.3) is 5.91 Å². The highest BCUT2D eigenvalue weighted by atomic mass is 32.2. The van der Waals surface area contributed by atoms with Gasteiger partial charge in [-0.2, -0.15) is 0 Å². The lowest BCUT2D eigenvalue weighted by Crippen LogP contribution is -2.58. The Kier molecular flexibility index (Phi) is 6.03. The third-order valence-electron chi connectivity index (χ3n) is 5.93. The molecule has 2 heterocycles. The molecule has 8 heteroatoms. The van der Waals surface area contributed by atoms with Crippen LogP contribution in [0.5, 0.6) is 0 Å². The number of carbonyl (C=O) groups is 1. The SMILES string of the molecule is O=C(c1ccoc1)N1CCN(C2CCCCC2NS(=O)(=O)c2ccccc2)CC1. The van der Waals surface area contributed by atoms with Crippen molar-refractivity contribution in [2.75, 3.05) is 26.2 Å². The van der Waals surface area contributed by atoms with Gasteiger partial charge in [-0.15, -0.1) is 0 Å². The van der Waals surface area contributed by atoms with Crippen molar-refractivity contribution in [1.82, 2.24) is 14.5 Å². The zero-order valence-electron chi connectivity index (χ0n) is 16.4. The van der Waals surface area contributed by atoms with Crippen LogP contribution in [0, 0.1) is 0 Å². The van der Waals surface area contributed by atoms with Crippen LogP contribution in [-0.4, -0.2) is 62.4 Å². The molecule has 0 spiro atoms. The van der Waals surface area contributed by atoms with Gasteiger partial charge < -0.3 is 9.32 Å². The molecule has 2 atom stereocenters. The van der Waals surface area contributed by atoms with Gasteiger partial charge in [-0.25, -0.2) is 13.1 Å². The quantitative estimate of drug-likeness (QED) is 0.807. The Morgan fingerprint density at radius 2 is 1.72 bits per heavy atom. The van der Waals surface area contributed by atoms with E-state index in [2.05, 4.69) is 9.62 Å². The number of amides is 1. The molecule has 1 saturated carbocycles. The number of hydrogen-bond donors (Lipinski definition) is 1. The molecule has 2 aromatic rings. The molecule has 1 saturated heterocycles. The van der Waals surface area contributed by atoms with Gasteiger partial charge in [0, 0.05) is 38.3 Å². The van der Waals surface area contributed by atoms with Crippen LogP contribution in [0.15, 0.2) is 58.2 Å². The number of benzene rings is 1. The van der Waals surface area contributed by atoms with Crippen molar-refractivity contribution in [3.8, 4) is 0 Å². The Morgan fingerprint density at radius 3 is 2.41 bits per heavy atom. The maximum Gasteiger partial charge on any atom is 0.257 e. The van der Waals surface area contributed by atoms with Crippen LogP contribution in [0.2, 0.25) is 0 Å². The summed E-state index contributed by atoms with van der Waals surface area (Å²) in [5.41, 5.74) is 0.574. The Labute approximate surface area is 171 Å². The number of piperazine rings is 1. The number of rotatable bonds is 5. The molecule has 2 aliphatic rings. The smallest absolute Gasteiger partial charge is 0.257 e. The van der Waals surface area contributed by atoms with Crippen LogP contribution in [0.1, 0.15) is 36.0 Å². The van der Waals surface area contributed by atoms with Crippen molar-refractivity contribution < 1.29 is 17.6 Å². The molecule has 1 amide bonds. The number of nitrogens with one attached hydrogen (secondary N) is 1. The van der Waals surface area contributed by atoms with E-state index in [0.29, 0.717) is 23.5 Å². The predicted molar refractivity (Wildman–Crippen MR) is 109 cm³/mol. The maximum absolute atomic E-state index is 12.8. The second kappa shape index (κ2) is 8.69. The first-order valence-corrected chi connectivity index (χ1v) is 11.7. The fraction of sp³-hybridized carbons (Fsp3) is 0.476. The first kappa shape index (κ1) is 20.1. The Hall–Kier alpha value is -2.16. The number of furan rings is 1. The summed E-state index contributed by atoms with van der Waals surface area (Å²) < 4.78 is 33.6. The molecule has 7 nitrogen and oxygen atoms in total. The highest BCUT2D eigenvalue weighted by Crippen LogP contribution is 2.26. The molecule has 2 fully saturated rings. The van der Waals surface area contributed by atoms with E-state index < -0.39 is 10.0 Å². The van der Waals surface area contributed by atoms with E-state index in [9.17, 15) is 13.2 Å². The predicted octanol–water partition coefficient (Wildman–Crippen LogP) is 2.33. The van der Waals surface area contributed by atoms with E-state index in [0.717, 1.165) is 38.8 Å². The summed E-state index contributed by atoms with van der Waals surface area (Å²) in [6, 6.07) is 10.3. The molecule has 29 heavy (non-hydrogen) atoms. The van der Waals surface area contributed by atoms with Gasteiger partial charge in [0.05, 0.1) is 16.7 Å². The largest absolute Gasteiger partial charge is 0.472 e. The highest BCUT2D eigenvalue weighted by molar-refractivity contribution is 7.89. The summed E-state index contributed by atoms with van der Waals surface area (Å²) in [7, 11) is -3.54. The zero-order chi connectivity index (χ0) is 20.3. The Morgan fingerprint density at radius 1 is 1.00 bits per heavy atom. The summed E-state index contributed by atoms with van der Waals surface area (Å²) in [4.78, 5) is 17.0. The number of carbonyl (C=O) groups excluding carboxylic acids is 1. The van der Waals surface area contributed by atoms with E-state index in [4.69, 9.17) is 4.42 Å². The Bertz CT molecular complexity index is 907. The normalized spacial score (nSPS) is 23.8. The molecular formula is C21H27N3O4S. The highest BCUT2D eigenvalue weighted by Gasteiger charge is 2.35. The lowest BCUT2D eigenvalue weighted by Gasteiger charge is -2.44. The van der Waals surface area contributed by atoms with Crippen LogP contribution in [0.25, 0.3) is 0 Å². The average Bonchev–Trinajstić information content (AvgIpc) is 3.29. The lowest BCUT2D eigenvalue weighted by atomic mass is 9.89. The molecule has 0 radical (unpaired) electrons. The number of nitrogens with zero attached hydrogens (tertiary/aromatic N) is 2. The van der Waals surface area contributed by atoms with E-state index >= 15 is 0 Å². The van der Waals surface area contributed by atoms with Crippen LogP contribution >= 0.6 is 0 Å². The van der Waals surface area contributed by atoms with Crippen molar-refractivity contribution >= 4 is 15.9 Å². The van der Waals surface area contributed by atoms with Crippen LogP contribution < -0.4 is 4.72 Å². The molecule has 4 rings (SSSR count). The summed E-state index contributed by atoms with van der Waals surface area (Å²) in [6.45, 7) is 2.77. The van der Waals surface area contributed by atoms with E-state index in [1.54, 1.807) is 30.3 Å². The zero-order valence-corrected chi connectivity index (χ0v) is 17.2. The fourth-order valence-corrected chi connectivity index (χ4v) is 5.70. The minimum absolute atomic E-state index is 0.0108. The van der Waals surface area contributed by atoms with Gasteiger partial charge in [0.15, 0.2) is 0 Å². The van der Waals surface area contributed by atoms with Gasteiger partial charge in [-0.05, 0) is 31.0 Å². The van der Waals surface area contributed by atoms with Gasteiger partial charge in [-0.1, -0.05) is 31.0 Å². The second-order valence-corrected chi connectivity index (χ2v) is 9.45. The second-order valence-electron chi connectivity index (χ2n) is 7.73. The standard InChI is InChI=1S/C21H27N3O4S/c25-21(17-10-15-28-16-17)24-13-11-23(12-14-24)20-9-5-4-8-19(20)22-29(26,27)18-6-2-1-3-7-18/h1-3,6-7,10,15-16,19-20,22H,4-5,8-9,11-14H2. The van der Waals surface area contributed by atoms with Crippen LogP contribution in [0.3, 0.4) is 0 Å². The van der Waals surface area contributed by atoms with Gasteiger partial charge in [0.1, 0.15) is 6.26 Å². The van der Waals surface area contributed by atoms with Crippen molar-refractivity contribution in [3.05, 3.63) is 54.5 Å². The maximum atomic E-state index is 12.8. The van der Waals surface area contributed by atoms with Gasteiger partial charge in [0.2, 0.25) is 10.0 Å². The fourth-order valence-electron chi connectivity index (χ4n) is 4.38. The van der Waals surface area contributed by atoms with Gasteiger partial charge >= 0.3 is 0 Å². The monoisotopic (exact) mass is 417 g/mol. The third-order valence-corrected chi connectivity index (χ3v) is 7.43. The molecule has 1 aromatic heterocycles. The Balaban J connectivity index is 1.40. The van der Waals surface area contributed by atoms with Crippen molar-refractivity contribution in [2.24, 2.45) is 0 Å². The molecule has 1 aromatic carbocycles. The van der Waals surface area contributed by atoms with Crippen LogP contribution in [0.4, 0.5) is 0 Å². The molecular weight excluding hydrogens is 390 g/mol. The summed E-state index contributed by atoms with van der Waals surface area (Å²) in [6.07, 6.45) is 6.92. The molecule has 2 unspecified atom stereocenters. The molecule has 0 bridgehead atoms. The topological polar surface area (TPSA) is 82.9 Å². The molecule has 1 N–H and O–H groups in total. The number of hydrogen-bond acceptors (Lipinski definition) is 5. The average molecular weight is 418 g/mol. The van der Waals surface area contributed by atoms with E-state index in [1.807, 2.05) is 11.0 Å². The van der Waals surface area contributed by atoms with Crippen molar-refractivity contribution in [1.29, 1.82) is 0 Å². The van der Waals surface area contributed by atoms with Crippen molar-refractivity contribution in [3.63, 3.8) is 0 Å². The van der Waals surface area contributed by atoms with Gasteiger partial charge in [-0.3, -0.25) is 9.69 Å². The molecule has 156 valence electrons. The molecule has 1 aliphatic heterocycles. The first-order valence-electron chi connectivity index (χ1n) is 10.2. The van der Waals surface area contributed by atoms with E-state index in [-0.39, 0.29) is 18.0 Å². The molecule has 1 aliphatic carbocycles. The summed E-state index contributed by atoms with van der Waals surface area (Å²) in [5, 5.41) is 0. The number of sulfonamides is 1. The minimum Gasteiger partial charge on any atom is -0.472 e. The minimum atomic E-state index is -3.54. The first-order chi connectivity index (χ1) is 14.0. The van der Waals surface area contributed by atoms with Crippen molar-refractivity contribution in [2.45, 2.75) is 42.7 Å².